The summed E-state index contributed by atoms with van der Waals surface area (Å²) >= 11 is 0. The van der Waals surface area contributed by atoms with Gasteiger partial charge in [0.25, 0.3) is 0 Å². The van der Waals surface area contributed by atoms with Gasteiger partial charge in [0.15, 0.2) is 0 Å². The summed E-state index contributed by atoms with van der Waals surface area (Å²) in [5.41, 5.74) is 6.20. The van der Waals surface area contributed by atoms with Crippen LogP contribution in [0.25, 0.3) is 0 Å². The molecule has 1 aliphatic carbocycles. The molecule has 4 N–H and O–H groups in total. The van der Waals surface area contributed by atoms with Gasteiger partial charge in [-0.1, -0.05) is 44.2 Å². The zero-order chi connectivity index (χ0) is 28.2. The van der Waals surface area contributed by atoms with Crippen molar-refractivity contribution >= 4 is 21.8 Å². The molecule has 2 fully saturated rings. The molecule has 1 heterocycles. The van der Waals surface area contributed by atoms with Crippen LogP contribution in [0.2, 0.25) is 0 Å². The summed E-state index contributed by atoms with van der Waals surface area (Å²) in [6.07, 6.45) is 0.521. The number of rotatable bonds is 11. The molecule has 214 valence electrons. The van der Waals surface area contributed by atoms with Crippen molar-refractivity contribution in [2.75, 3.05) is 25.4 Å². The van der Waals surface area contributed by atoms with Crippen molar-refractivity contribution in [3.8, 4) is 0 Å². The van der Waals surface area contributed by atoms with Gasteiger partial charge in [-0.15, -0.1) is 0 Å². The van der Waals surface area contributed by atoms with E-state index in [4.69, 9.17) is 15.2 Å². The first-order chi connectivity index (χ1) is 18.5. The summed E-state index contributed by atoms with van der Waals surface area (Å²) in [6, 6.07) is 11.7. The van der Waals surface area contributed by atoms with Crippen LogP contribution in [0.1, 0.15) is 38.7 Å². The second-order valence-electron chi connectivity index (χ2n) is 10.9. The van der Waals surface area contributed by atoms with E-state index in [1.165, 1.54) is 0 Å². The summed E-state index contributed by atoms with van der Waals surface area (Å²) in [7, 11) is -4.12. The van der Waals surface area contributed by atoms with Gasteiger partial charge in [0.1, 0.15) is 11.9 Å². The molecule has 1 amide bonds. The molecule has 0 bridgehead atoms. The van der Waals surface area contributed by atoms with Crippen molar-refractivity contribution in [1.29, 1.82) is 0 Å². The predicted octanol–water partition coefficient (Wildman–Crippen LogP) is 3.32. The largest absolute Gasteiger partial charge is 0.446 e. The van der Waals surface area contributed by atoms with E-state index in [2.05, 4.69) is 5.32 Å². The Bertz CT molecular complexity index is 1220. The Balaban J connectivity index is 1.50. The standard InChI is InChI=1S/C28H38FN3O6S/c1-18(2)16-32(39(35,36)22-8-9-23(29)24(30)15-22)17-26(33)25(12-19-6-4-3-5-7-19)31-28(34)38-21-13-20-10-11-37-27(20)14-21/h3-9,15,18,20-21,25-27,33H,10-14,16-17,30H2,1-2H3,(H,31,34)/t20?,21-,25+,26-,27-/m1/s1. The lowest BCUT2D eigenvalue weighted by Crippen LogP contribution is -2.51. The third kappa shape index (κ3) is 7.47. The van der Waals surface area contributed by atoms with Gasteiger partial charge >= 0.3 is 6.09 Å². The average Bonchev–Trinajstić information content (AvgIpc) is 3.47. The first kappa shape index (κ1) is 29.3. The second-order valence-corrected chi connectivity index (χ2v) is 12.8. The molecule has 1 unspecified atom stereocenters. The number of nitrogen functional groups attached to an aromatic ring is 1. The lowest BCUT2D eigenvalue weighted by atomic mass is 10.0. The van der Waals surface area contributed by atoms with Gasteiger partial charge < -0.3 is 25.6 Å². The van der Waals surface area contributed by atoms with Crippen molar-refractivity contribution in [2.24, 2.45) is 11.8 Å². The van der Waals surface area contributed by atoms with Gasteiger partial charge in [-0.2, -0.15) is 4.31 Å². The number of alkyl carbamates (subject to hydrolysis) is 1. The Labute approximate surface area is 229 Å². The number of fused-ring (bicyclic) bond motifs is 1. The highest BCUT2D eigenvalue weighted by molar-refractivity contribution is 7.89. The summed E-state index contributed by atoms with van der Waals surface area (Å²) in [4.78, 5) is 12.7. The number of nitrogens with zero attached hydrogens (tertiary/aromatic N) is 1. The van der Waals surface area contributed by atoms with E-state index in [1.54, 1.807) is 0 Å². The number of anilines is 1. The van der Waals surface area contributed by atoms with Gasteiger partial charge in [0, 0.05) is 26.1 Å². The van der Waals surface area contributed by atoms with Crippen LogP contribution < -0.4 is 11.1 Å². The molecule has 4 rings (SSSR count). The fraction of sp³-hybridized carbons (Fsp3) is 0.536. The van der Waals surface area contributed by atoms with Crippen molar-refractivity contribution in [3.63, 3.8) is 0 Å². The van der Waals surface area contributed by atoms with Crippen molar-refractivity contribution in [3.05, 3.63) is 59.9 Å². The van der Waals surface area contributed by atoms with Crippen molar-refractivity contribution in [1.82, 2.24) is 9.62 Å². The van der Waals surface area contributed by atoms with E-state index >= 15 is 0 Å². The van der Waals surface area contributed by atoms with Gasteiger partial charge in [0.05, 0.1) is 28.8 Å². The Kier molecular flexibility index (Phi) is 9.47. The SMILES string of the molecule is CC(C)CN(C[C@@H](O)[C@H](Cc1ccccc1)NC(=O)O[C@@H]1CC2CCO[C@@H]2C1)S(=O)(=O)c1ccc(F)c(N)c1. The number of carbonyl (C=O) groups excluding carboxylic acids is 1. The molecule has 9 nitrogen and oxygen atoms in total. The molecule has 5 atom stereocenters. The highest BCUT2D eigenvalue weighted by atomic mass is 32.2. The topological polar surface area (TPSA) is 131 Å². The number of amides is 1. The molecule has 0 spiro atoms. The average molecular weight is 564 g/mol. The number of nitrogens with two attached hydrogens (primary N) is 1. The van der Waals surface area contributed by atoms with Gasteiger partial charge in [-0.25, -0.2) is 17.6 Å². The van der Waals surface area contributed by atoms with E-state index in [9.17, 15) is 22.7 Å². The van der Waals surface area contributed by atoms with E-state index in [0.717, 1.165) is 47.5 Å². The third-order valence-electron chi connectivity index (χ3n) is 7.31. The summed E-state index contributed by atoms with van der Waals surface area (Å²) in [5.74, 6) is -0.393. The molecule has 2 aromatic carbocycles. The number of ether oxygens (including phenoxy) is 2. The Morgan fingerprint density at radius 1 is 1.21 bits per heavy atom. The highest BCUT2D eigenvalue weighted by Gasteiger charge is 2.40. The molecule has 1 saturated carbocycles. The Morgan fingerprint density at radius 3 is 2.62 bits per heavy atom. The Morgan fingerprint density at radius 2 is 1.95 bits per heavy atom. The molecule has 39 heavy (non-hydrogen) atoms. The van der Waals surface area contributed by atoms with Gasteiger partial charge in [0.2, 0.25) is 10.0 Å². The van der Waals surface area contributed by atoms with E-state index in [0.29, 0.717) is 12.3 Å². The molecular weight excluding hydrogens is 525 g/mol. The van der Waals surface area contributed by atoms with Crippen molar-refractivity contribution < 1.29 is 32.2 Å². The van der Waals surface area contributed by atoms with Gasteiger partial charge in [-0.3, -0.25) is 0 Å². The zero-order valence-corrected chi connectivity index (χ0v) is 23.1. The van der Waals surface area contributed by atoms with Crippen LogP contribution in [0.4, 0.5) is 14.9 Å². The normalized spacial score (nSPS) is 22.6. The molecule has 0 radical (unpaired) electrons. The number of halogens is 1. The maximum absolute atomic E-state index is 13.7. The second kappa shape index (κ2) is 12.6. The fourth-order valence-electron chi connectivity index (χ4n) is 5.35. The number of nitrogens with one attached hydrogen (secondary N) is 1. The Hall–Kier alpha value is -2.73. The van der Waals surface area contributed by atoms with Crippen LogP contribution >= 0.6 is 0 Å². The van der Waals surface area contributed by atoms with E-state index in [-0.39, 0.29) is 48.2 Å². The van der Waals surface area contributed by atoms with Gasteiger partial charge in [-0.05, 0) is 54.9 Å². The molecule has 1 saturated heterocycles. The van der Waals surface area contributed by atoms with Crippen LogP contribution in [0.15, 0.2) is 53.4 Å². The number of benzene rings is 2. The third-order valence-corrected chi connectivity index (χ3v) is 9.14. The van der Waals surface area contributed by atoms with Crippen molar-refractivity contribution in [2.45, 2.75) is 68.8 Å². The molecular formula is C28H38FN3O6S. The monoisotopic (exact) mass is 563 g/mol. The number of aliphatic hydroxyl groups is 1. The quantitative estimate of drug-likeness (QED) is 0.358. The lowest BCUT2D eigenvalue weighted by molar-refractivity contribution is 0.0554. The summed E-state index contributed by atoms with van der Waals surface area (Å²) in [6.45, 7) is 4.25. The molecule has 2 aromatic rings. The fourth-order valence-corrected chi connectivity index (χ4v) is 7.00. The van der Waals surface area contributed by atoms with Crippen LogP contribution in [0.3, 0.4) is 0 Å². The molecule has 0 aromatic heterocycles. The maximum Gasteiger partial charge on any atom is 0.407 e. The minimum absolute atomic E-state index is 0.0701. The van der Waals surface area contributed by atoms with Crippen LogP contribution in [-0.2, 0) is 25.9 Å². The number of hydrogen-bond acceptors (Lipinski definition) is 7. The first-order valence-electron chi connectivity index (χ1n) is 13.4. The molecule has 2 aliphatic rings. The maximum atomic E-state index is 13.7. The van der Waals surface area contributed by atoms with Crippen LogP contribution in [-0.4, -0.2) is 68.0 Å². The summed E-state index contributed by atoms with van der Waals surface area (Å²) in [5, 5.41) is 14.1. The number of aliphatic hydroxyl groups excluding tert-OH is 1. The lowest BCUT2D eigenvalue weighted by Gasteiger charge is -2.31. The predicted molar refractivity (Wildman–Crippen MR) is 145 cm³/mol. The minimum Gasteiger partial charge on any atom is -0.446 e. The van der Waals surface area contributed by atoms with E-state index in [1.807, 2.05) is 44.2 Å². The van der Waals surface area contributed by atoms with E-state index < -0.39 is 34.1 Å². The number of carbonyl (C=O) groups is 1. The number of hydrogen-bond donors (Lipinski definition) is 3. The minimum atomic E-state index is -4.12. The van der Waals surface area contributed by atoms with Crippen LogP contribution in [0.5, 0.6) is 0 Å². The highest BCUT2D eigenvalue weighted by Crippen LogP contribution is 2.37. The molecule has 1 aliphatic heterocycles. The van der Waals surface area contributed by atoms with Crippen LogP contribution in [0, 0.1) is 17.7 Å². The molecule has 11 heteroatoms. The zero-order valence-electron chi connectivity index (χ0n) is 22.3. The number of sulfonamides is 1. The first-order valence-corrected chi connectivity index (χ1v) is 14.8. The summed E-state index contributed by atoms with van der Waals surface area (Å²) < 4.78 is 53.3. The smallest absolute Gasteiger partial charge is 0.407 e.